The molecule has 0 aromatic heterocycles. The Morgan fingerprint density at radius 1 is 1.05 bits per heavy atom. The standard InChI is InChI=1S/C19H20O2.CH4/c1-3-5-6-15-7-9-16(10-8-15)17-11-13-18(14-12-17)21-19(20)4-2;/h4,7-14H,2-3,5-6H2,1H3;1H4. The Morgan fingerprint density at radius 2 is 1.59 bits per heavy atom. The maximum atomic E-state index is 11.1. The summed E-state index contributed by atoms with van der Waals surface area (Å²) in [7, 11) is 0. The van der Waals surface area contributed by atoms with Gasteiger partial charge in [-0.2, -0.15) is 0 Å². The second-order valence-electron chi connectivity index (χ2n) is 4.95. The van der Waals surface area contributed by atoms with Gasteiger partial charge in [-0.1, -0.05) is 63.7 Å². The van der Waals surface area contributed by atoms with Crippen molar-refractivity contribution in [2.75, 3.05) is 0 Å². The summed E-state index contributed by atoms with van der Waals surface area (Å²) in [5, 5.41) is 0. The van der Waals surface area contributed by atoms with Crippen LogP contribution in [-0.4, -0.2) is 5.97 Å². The number of esters is 1. The SMILES string of the molecule is C.C=CC(=O)Oc1ccc(-c2ccc(CCCC)cc2)cc1. The largest absolute Gasteiger partial charge is 0.423 e. The van der Waals surface area contributed by atoms with E-state index in [1.54, 1.807) is 12.1 Å². The number of carbonyl (C=O) groups is 1. The number of hydrogen-bond acceptors (Lipinski definition) is 2. The van der Waals surface area contributed by atoms with Crippen LogP contribution in [0.15, 0.2) is 61.2 Å². The normalized spacial score (nSPS) is 9.68. The van der Waals surface area contributed by atoms with Crippen LogP contribution in [0.5, 0.6) is 5.75 Å². The summed E-state index contributed by atoms with van der Waals surface area (Å²) in [5.74, 6) is 0.0891. The van der Waals surface area contributed by atoms with Crippen LogP contribution in [0, 0.1) is 0 Å². The second-order valence-corrected chi connectivity index (χ2v) is 4.95. The molecule has 0 saturated heterocycles. The molecule has 2 rings (SSSR count). The average molecular weight is 296 g/mol. The number of carbonyl (C=O) groups excluding carboxylic acids is 1. The quantitative estimate of drug-likeness (QED) is 0.404. The van der Waals surface area contributed by atoms with E-state index in [0.717, 1.165) is 23.6 Å². The number of unbranched alkanes of at least 4 members (excludes halogenated alkanes) is 1. The fourth-order valence-electron chi connectivity index (χ4n) is 2.12. The Labute approximate surface area is 133 Å². The molecular formula is C20H24O2. The van der Waals surface area contributed by atoms with Gasteiger partial charge < -0.3 is 4.74 Å². The van der Waals surface area contributed by atoms with Crippen molar-refractivity contribution in [3.8, 4) is 16.9 Å². The van der Waals surface area contributed by atoms with Gasteiger partial charge >= 0.3 is 5.97 Å². The van der Waals surface area contributed by atoms with Crippen molar-refractivity contribution < 1.29 is 9.53 Å². The van der Waals surface area contributed by atoms with E-state index in [2.05, 4.69) is 37.8 Å². The van der Waals surface area contributed by atoms with Crippen molar-refractivity contribution in [2.45, 2.75) is 33.6 Å². The summed E-state index contributed by atoms with van der Waals surface area (Å²) < 4.78 is 5.06. The number of benzene rings is 2. The maximum Gasteiger partial charge on any atom is 0.335 e. The van der Waals surface area contributed by atoms with Gasteiger partial charge in [-0.3, -0.25) is 0 Å². The highest BCUT2D eigenvalue weighted by atomic mass is 16.5. The third kappa shape index (κ3) is 4.88. The lowest BCUT2D eigenvalue weighted by molar-refractivity contribution is -0.128. The molecular weight excluding hydrogens is 272 g/mol. The first-order valence-corrected chi connectivity index (χ1v) is 7.26. The number of aryl methyl sites for hydroxylation is 1. The Hall–Kier alpha value is -2.35. The summed E-state index contributed by atoms with van der Waals surface area (Å²) in [6, 6.07) is 16.1. The van der Waals surface area contributed by atoms with Crippen molar-refractivity contribution in [3.05, 3.63) is 66.7 Å². The summed E-state index contributed by atoms with van der Waals surface area (Å²) in [4.78, 5) is 11.1. The third-order valence-electron chi connectivity index (χ3n) is 3.35. The van der Waals surface area contributed by atoms with E-state index in [0.29, 0.717) is 5.75 Å². The van der Waals surface area contributed by atoms with Crippen LogP contribution in [0.1, 0.15) is 32.8 Å². The zero-order valence-electron chi connectivity index (χ0n) is 12.3. The fraction of sp³-hybridized carbons (Fsp3) is 0.250. The maximum absolute atomic E-state index is 11.1. The minimum absolute atomic E-state index is 0. The molecule has 0 bridgehead atoms. The van der Waals surface area contributed by atoms with E-state index >= 15 is 0 Å². The number of rotatable bonds is 6. The average Bonchev–Trinajstić information content (AvgIpc) is 2.54. The van der Waals surface area contributed by atoms with E-state index in [1.165, 1.54) is 18.4 Å². The zero-order valence-corrected chi connectivity index (χ0v) is 12.3. The molecule has 2 aromatic carbocycles. The predicted octanol–water partition coefficient (Wildman–Crippen LogP) is 5.42. The van der Waals surface area contributed by atoms with Crippen molar-refractivity contribution in [3.63, 3.8) is 0 Å². The Bertz CT molecular complexity index is 595. The first-order chi connectivity index (χ1) is 10.2. The highest BCUT2D eigenvalue weighted by Gasteiger charge is 2.02. The molecule has 22 heavy (non-hydrogen) atoms. The first-order valence-electron chi connectivity index (χ1n) is 7.26. The molecule has 0 aliphatic heterocycles. The summed E-state index contributed by atoms with van der Waals surface area (Å²) >= 11 is 0. The van der Waals surface area contributed by atoms with Crippen molar-refractivity contribution in [1.29, 1.82) is 0 Å². The summed E-state index contributed by atoms with van der Waals surface area (Å²) in [5.41, 5.74) is 3.64. The lowest BCUT2D eigenvalue weighted by Crippen LogP contribution is -2.02. The van der Waals surface area contributed by atoms with E-state index in [9.17, 15) is 4.79 Å². The van der Waals surface area contributed by atoms with Crippen LogP contribution in [0.2, 0.25) is 0 Å². The van der Waals surface area contributed by atoms with Crippen molar-refractivity contribution in [2.24, 2.45) is 0 Å². The minimum Gasteiger partial charge on any atom is -0.423 e. The molecule has 2 nitrogen and oxygen atoms in total. The van der Waals surface area contributed by atoms with Crippen LogP contribution < -0.4 is 4.74 Å². The third-order valence-corrected chi connectivity index (χ3v) is 3.35. The topological polar surface area (TPSA) is 26.3 Å². The second kappa shape index (κ2) is 8.83. The van der Waals surface area contributed by atoms with E-state index in [1.807, 2.05) is 12.1 Å². The van der Waals surface area contributed by atoms with Crippen LogP contribution in [0.25, 0.3) is 11.1 Å². The smallest absolute Gasteiger partial charge is 0.335 e. The molecule has 0 aliphatic rings. The number of ether oxygens (including phenoxy) is 1. The van der Waals surface area contributed by atoms with Gasteiger partial charge in [0.05, 0.1) is 0 Å². The Morgan fingerprint density at radius 3 is 2.09 bits per heavy atom. The van der Waals surface area contributed by atoms with Gasteiger partial charge in [0.15, 0.2) is 0 Å². The monoisotopic (exact) mass is 296 g/mol. The van der Waals surface area contributed by atoms with Crippen LogP contribution >= 0.6 is 0 Å². The van der Waals surface area contributed by atoms with Gasteiger partial charge in [-0.15, -0.1) is 0 Å². The van der Waals surface area contributed by atoms with Gasteiger partial charge in [0.25, 0.3) is 0 Å². The van der Waals surface area contributed by atoms with E-state index < -0.39 is 5.97 Å². The molecule has 0 unspecified atom stereocenters. The zero-order chi connectivity index (χ0) is 15.1. The van der Waals surface area contributed by atoms with Crippen LogP contribution in [0.3, 0.4) is 0 Å². The molecule has 0 spiro atoms. The molecule has 0 N–H and O–H groups in total. The van der Waals surface area contributed by atoms with E-state index in [-0.39, 0.29) is 7.43 Å². The highest BCUT2D eigenvalue weighted by molar-refractivity contribution is 5.83. The molecule has 0 heterocycles. The van der Waals surface area contributed by atoms with Gasteiger partial charge in [0.1, 0.15) is 5.75 Å². The van der Waals surface area contributed by atoms with Crippen molar-refractivity contribution >= 4 is 5.97 Å². The molecule has 0 fully saturated rings. The molecule has 0 aliphatic carbocycles. The summed E-state index contributed by atoms with van der Waals surface area (Å²) in [6.07, 6.45) is 4.73. The lowest BCUT2D eigenvalue weighted by atomic mass is 10.0. The predicted molar refractivity (Wildman–Crippen MR) is 93.1 cm³/mol. The molecule has 116 valence electrons. The molecule has 2 heteroatoms. The van der Waals surface area contributed by atoms with Crippen LogP contribution in [0.4, 0.5) is 0 Å². The van der Waals surface area contributed by atoms with Gasteiger partial charge in [0, 0.05) is 6.08 Å². The molecule has 2 aromatic rings. The van der Waals surface area contributed by atoms with Crippen molar-refractivity contribution in [1.82, 2.24) is 0 Å². The number of hydrogen-bond donors (Lipinski definition) is 0. The fourth-order valence-corrected chi connectivity index (χ4v) is 2.12. The molecule has 0 amide bonds. The Balaban J connectivity index is 0.00000242. The van der Waals surface area contributed by atoms with Crippen LogP contribution in [-0.2, 0) is 11.2 Å². The first kappa shape index (κ1) is 17.7. The minimum atomic E-state index is -0.442. The highest BCUT2D eigenvalue weighted by Crippen LogP contribution is 2.23. The van der Waals surface area contributed by atoms with Gasteiger partial charge in [-0.05, 0) is 41.7 Å². The Kier molecular flexibility index (Phi) is 7.11. The summed E-state index contributed by atoms with van der Waals surface area (Å²) in [6.45, 7) is 5.58. The van der Waals surface area contributed by atoms with E-state index in [4.69, 9.17) is 4.74 Å². The molecule has 0 saturated carbocycles. The van der Waals surface area contributed by atoms with Gasteiger partial charge in [0.2, 0.25) is 0 Å². The molecule has 0 radical (unpaired) electrons. The molecule has 0 atom stereocenters. The lowest BCUT2D eigenvalue weighted by Gasteiger charge is -2.06. The van der Waals surface area contributed by atoms with Gasteiger partial charge in [-0.25, -0.2) is 4.79 Å².